The summed E-state index contributed by atoms with van der Waals surface area (Å²) in [5.41, 5.74) is 10.3. The van der Waals surface area contributed by atoms with Crippen LogP contribution in [0.3, 0.4) is 0 Å². The Morgan fingerprint density at radius 1 is 1.00 bits per heavy atom. The normalized spacial score (nSPS) is 18.1. The van der Waals surface area contributed by atoms with E-state index in [2.05, 4.69) is 84.1 Å². The van der Waals surface area contributed by atoms with Gasteiger partial charge in [-0.1, -0.05) is 60.6 Å². The Morgan fingerprint density at radius 2 is 1.69 bits per heavy atom. The number of aromatic nitrogens is 3. The van der Waals surface area contributed by atoms with Gasteiger partial charge in [-0.05, 0) is 64.0 Å². The standard InChI is InChI=1S/C26H31N3/c1-15-12-18-22(20-19(15)25(5,6)13-26(20,7)8)29-14-27-21-16(23(29)28-18)10-9-11-17(21)24(2,3)4/h9-12,14H,13H2,1-8H3. The van der Waals surface area contributed by atoms with Gasteiger partial charge < -0.3 is 0 Å². The van der Waals surface area contributed by atoms with Crippen molar-refractivity contribution < 1.29 is 0 Å². The van der Waals surface area contributed by atoms with Crippen molar-refractivity contribution in [2.75, 3.05) is 0 Å². The van der Waals surface area contributed by atoms with Gasteiger partial charge in [0.2, 0.25) is 0 Å². The average molecular weight is 386 g/mol. The number of aryl methyl sites for hydroxylation is 1. The van der Waals surface area contributed by atoms with Crippen LogP contribution in [0.25, 0.3) is 27.6 Å². The Labute approximate surface area is 173 Å². The quantitative estimate of drug-likeness (QED) is 0.341. The molecular formula is C26H31N3. The maximum atomic E-state index is 5.14. The van der Waals surface area contributed by atoms with Crippen LogP contribution in [-0.2, 0) is 16.2 Å². The van der Waals surface area contributed by atoms with Crippen LogP contribution in [0.1, 0.15) is 77.1 Å². The summed E-state index contributed by atoms with van der Waals surface area (Å²) in [7, 11) is 0. The van der Waals surface area contributed by atoms with Gasteiger partial charge in [0.1, 0.15) is 12.0 Å². The van der Waals surface area contributed by atoms with E-state index in [1.807, 2.05) is 6.33 Å². The highest BCUT2D eigenvalue weighted by Crippen LogP contribution is 2.53. The second-order valence-corrected chi connectivity index (χ2v) is 11.3. The summed E-state index contributed by atoms with van der Waals surface area (Å²) in [5, 5.41) is 1.14. The molecule has 29 heavy (non-hydrogen) atoms. The second kappa shape index (κ2) is 5.38. The van der Waals surface area contributed by atoms with E-state index in [1.54, 1.807) is 0 Å². The van der Waals surface area contributed by atoms with Gasteiger partial charge in [-0.3, -0.25) is 4.40 Å². The Bertz CT molecular complexity index is 1310. The zero-order valence-corrected chi connectivity index (χ0v) is 18.9. The van der Waals surface area contributed by atoms with Gasteiger partial charge in [-0.2, -0.15) is 0 Å². The molecule has 2 aromatic carbocycles. The number of para-hydroxylation sites is 1. The molecule has 1 aliphatic rings. The zero-order chi connectivity index (χ0) is 20.9. The molecule has 4 aromatic rings. The van der Waals surface area contributed by atoms with Crippen molar-refractivity contribution >= 4 is 27.6 Å². The van der Waals surface area contributed by atoms with Crippen LogP contribution < -0.4 is 0 Å². The molecular weight excluding hydrogens is 354 g/mol. The molecule has 150 valence electrons. The monoisotopic (exact) mass is 385 g/mol. The lowest BCUT2D eigenvalue weighted by Gasteiger charge is -2.23. The first-order chi connectivity index (χ1) is 13.4. The highest BCUT2D eigenvalue weighted by molar-refractivity contribution is 5.99. The Kier molecular flexibility index (Phi) is 3.45. The van der Waals surface area contributed by atoms with Crippen LogP contribution in [0, 0.1) is 6.92 Å². The molecule has 3 nitrogen and oxygen atoms in total. The molecule has 0 amide bonds. The summed E-state index contributed by atoms with van der Waals surface area (Å²) >= 11 is 0. The fourth-order valence-corrected chi connectivity index (χ4v) is 6.09. The summed E-state index contributed by atoms with van der Waals surface area (Å²) < 4.78 is 2.24. The zero-order valence-electron chi connectivity index (χ0n) is 18.9. The number of hydrogen-bond acceptors (Lipinski definition) is 2. The van der Waals surface area contributed by atoms with E-state index in [0.717, 1.165) is 28.5 Å². The van der Waals surface area contributed by atoms with Gasteiger partial charge in [0, 0.05) is 5.39 Å². The van der Waals surface area contributed by atoms with Gasteiger partial charge in [0.05, 0.1) is 16.6 Å². The molecule has 0 aliphatic heterocycles. The third kappa shape index (κ3) is 2.43. The number of rotatable bonds is 0. The van der Waals surface area contributed by atoms with E-state index >= 15 is 0 Å². The van der Waals surface area contributed by atoms with Crippen molar-refractivity contribution in [3.8, 4) is 0 Å². The summed E-state index contributed by atoms with van der Waals surface area (Å²) in [5.74, 6) is 0. The first-order valence-electron chi connectivity index (χ1n) is 10.7. The first-order valence-corrected chi connectivity index (χ1v) is 10.7. The van der Waals surface area contributed by atoms with Crippen LogP contribution in [-0.4, -0.2) is 14.4 Å². The SMILES string of the molecule is Cc1cc2nc3c4cccc(C(C)(C)C)c4ncn3c2c2c1C(C)(C)CC2(C)C. The smallest absolute Gasteiger partial charge is 0.148 e. The molecule has 0 unspecified atom stereocenters. The van der Waals surface area contributed by atoms with E-state index in [4.69, 9.17) is 9.97 Å². The van der Waals surface area contributed by atoms with Gasteiger partial charge >= 0.3 is 0 Å². The minimum Gasteiger partial charge on any atom is -0.282 e. The van der Waals surface area contributed by atoms with E-state index in [0.29, 0.717) is 0 Å². The van der Waals surface area contributed by atoms with Crippen LogP contribution in [0.15, 0.2) is 30.6 Å². The molecule has 0 N–H and O–H groups in total. The number of benzene rings is 2. The predicted molar refractivity (Wildman–Crippen MR) is 122 cm³/mol. The third-order valence-corrected chi connectivity index (χ3v) is 6.80. The van der Waals surface area contributed by atoms with E-state index in [9.17, 15) is 0 Å². The number of nitrogens with zero attached hydrogens (tertiary/aromatic N) is 3. The molecule has 2 heterocycles. The topological polar surface area (TPSA) is 30.2 Å². The molecule has 2 aromatic heterocycles. The largest absolute Gasteiger partial charge is 0.282 e. The molecule has 0 atom stereocenters. The lowest BCUT2D eigenvalue weighted by atomic mass is 9.81. The lowest BCUT2D eigenvalue weighted by Crippen LogP contribution is -2.18. The van der Waals surface area contributed by atoms with E-state index in [1.165, 1.54) is 27.8 Å². The van der Waals surface area contributed by atoms with E-state index < -0.39 is 0 Å². The summed E-state index contributed by atoms with van der Waals surface area (Å²) in [6, 6.07) is 8.79. The van der Waals surface area contributed by atoms with Crippen LogP contribution in [0.4, 0.5) is 0 Å². The molecule has 0 bridgehead atoms. The van der Waals surface area contributed by atoms with Crippen LogP contribution >= 0.6 is 0 Å². The van der Waals surface area contributed by atoms with Crippen molar-refractivity contribution in [3.05, 3.63) is 52.8 Å². The molecule has 0 radical (unpaired) electrons. The molecule has 0 spiro atoms. The molecule has 5 rings (SSSR count). The van der Waals surface area contributed by atoms with Crippen LogP contribution in [0.5, 0.6) is 0 Å². The number of hydrogen-bond donors (Lipinski definition) is 0. The summed E-state index contributed by atoms with van der Waals surface area (Å²) in [4.78, 5) is 10.1. The maximum Gasteiger partial charge on any atom is 0.148 e. The molecule has 1 aliphatic carbocycles. The van der Waals surface area contributed by atoms with Crippen molar-refractivity contribution in [2.45, 2.75) is 78.1 Å². The highest BCUT2D eigenvalue weighted by Gasteiger charge is 2.45. The van der Waals surface area contributed by atoms with E-state index in [-0.39, 0.29) is 16.2 Å². The van der Waals surface area contributed by atoms with Gasteiger partial charge in [-0.15, -0.1) is 0 Å². The van der Waals surface area contributed by atoms with Crippen molar-refractivity contribution in [1.82, 2.24) is 14.4 Å². The van der Waals surface area contributed by atoms with Crippen LogP contribution in [0.2, 0.25) is 0 Å². The fourth-order valence-electron chi connectivity index (χ4n) is 6.09. The molecule has 3 heteroatoms. The average Bonchev–Trinajstić information content (AvgIpc) is 3.04. The van der Waals surface area contributed by atoms with Crippen molar-refractivity contribution in [1.29, 1.82) is 0 Å². The predicted octanol–water partition coefficient (Wildman–Crippen LogP) is 6.60. The maximum absolute atomic E-state index is 5.14. The Morgan fingerprint density at radius 3 is 2.38 bits per heavy atom. The van der Waals surface area contributed by atoms with Gasteiger partial charge in [-0.25, -0.2) is 9.97 Å². The lowest BCUT2D eigenvalue weighted by molar-refractivity contribution is 0.403. The summed E-state index contributed by atoms with van der Waals surface area (Å²) in [6.07, 6.45) is 3.15. The highest BCUT2D eigenvalue weighted by atomic mass is 15.1. The minimum atomic E-state index is 0.0424. The van der Waals surface area contributed by atoms with Gasteiger partial charge in [0.15, 0.2) is 0 Å². The first kappa shape index (κ1) is 18.6. The second-order valence-electron chi connectivity index (χ2n) is 11.3. The fraction of sp³-hybridized carbons (Fsp3) is 0.462. The van der Waals surface area contributed by atoms with Crippen molar-refractivity contribution in [2.24, 2.45) is 0 Å². The molecule has 0 saturated heterocycles. The van der Waals surface area contributed by atoms with Crippen molar-refractivity contribution in [3.63, 3.8) is 0 Å². The number of fused-ring (bicyclic) bond motifs is 7. The number of imidazole rings is 1. The minimum absolute atomic E-state index is 0.0424. The Balaban J connectivity index is 1.98. The van der Waals surface area contributed by atoms with Gasteiger partial charge in [0.25, 0.3) is 0 Å². The Hall–Kier alpha value is -2.42. The summed E-state index contributed by atoms with van der Waals surface area (Å²) in [6.45, 7) is 18.5. The molecule has 0 saturated carbocycles. The molecule has 0 fully saturated rings. The third-order valence-electron chi connectivity index (χ3n) is 6.80.